The first-order chi connectivity index (χ1) is 20.2. The zero-order valence-electron chi connectivity index (χ0n) is 24.2. The summed E-state index contributed by atoms with van der Waals surface area (Å²) in [6.07, 6.45) is -4.26. The van der Waals surface area contributed by atoms with E-state index >= 15 is 0 Å². The lowest BCUT2D eigenvalue weighted by Crippen LogP contribution is -2.35. The Kier molecular flexibility index (Phi) is 6.68. The number of anilines is 2. The zero-order chi connectivity index (χ0) is 31.3. The van der Waals surface area contributed by atoms with E-state index < -0.39 is 29.9 Å². The molecule has 0 amide bonds. The molecule has 4 aromatic rings. The summed E-state index contributed by atoms with van der Waals surface area (Å²) >= 11 is 0. The number of nitrogens with zero attached hydrogens (tertiary/aromatic N) is 7. The molecule has 9 nitrogen and oxygen atoms in total. The van der Waals surface area contributed by atoms with Crippen molar-refractivity contribution in [3.63, 3.8) is 0 Å². The van der Waals surface area contributed by atoms with Crippen LogP contribution in [0.25, 0.3) is 10.9 Å². The Morgan fingerprint density at radius 2 is 1.86 bits per heavy atom. The lowest BCUT2D eigenvalue weighted by atomic mass is 9.96. The van der Waals surface area contributed by atoms with Gasteiger partial charge in [-0.1, -0.05) is 32.1 Å². The highest BCUT2D eigenvalue weighted by atomic mass is 19.4. The standard InChI is InChI=1S/C29H27F4N9/c1-16-20(5-6-23(30)38-16)26(22-14-42(41-40-22)28(7-8-28)29(31,32)33)39-19-9-17(11-34)24-21(10-19)25(18(12-35)13-36-24)37-15-27(2,3)4/h5-6,9-10,13-14,26,39H,7-8,15H2,1-4H3,(H,36,37)/t26-/m0/s1/i14D. The highest BCUT2D eigenvalue weighted by molar-refractivity contribution is 5.99. The minimum atomic E-state index is -4.63. The van der Waals surface area contributed by atoms with Crippen LogP contribution in [0.5, 0.6) is 0 Å². The summed E-state index contributed by atoms with van der Waals surface area (Å²) < 4.78 is 65.0. The van der Waals surface area contributed by atoms with Gasteiger partial charge in [0.2, 0.25) is 5.95 Å². The number of nitriles is 2. The first-order valence-electron chi connectivity index (χ1n) is 13.6. The van der Waals surface area contributed by atoms with Crippen molar-refractivity contribution in [2.75, 3.05) is 17.2 Å². The summed E-state index contributed by atoms with van der Waals surface area (Å²) in [6.45, 7) is 8.07. The number of pyridine rings is 2. The number of fused-ring (bicyclic) bond motifs is 1. The van der Waals surface area contributed by atoms with E-state index in [0.717, 1.165) is 6.07 Å². The van der Waals surface area contributed by atoms with Crippen LogP contribution < -0.4 is 10.6 Å². The Bertz CT molecular complexity index is 1810. The first kappa shape index (κ1) is 27.4. The van der Waals surface area contributed by atoms with E-state index in [1.165, 1.54) is 25.3 Å². The van der Waals surface area contributed by atoms with Gasteiger partial charge in [-0.3, -0.25) is 4.98 Å². The summed E-state index contributed by atoms with van der Waals surface area (Å²) in [6, 6.07) is 8.79. The van der Waals surface area contributed by atoms with Gasteiger partial charge in [-0.05, 0) is 43.4 Å². The molecule has 0 bridgehead atoms. The number of aromatic nitrogens is 5. The molecule has 3 aromatic heterocycles. The van der Waals surface area contributed by atoms with Crippen LogP contribution in [0.3, 0.4) is 0 Å². The predicted octanol–water partition coefficient (Wildman–Crippen LogP) is 6.12. The normalized spacial score (nSPS) is 15.4. The monoisotopic (exact) mass is 578 g/mol. The van der Waals surface area contributed by atoms with Crippen molar-refractivity contribution in [3.8, 4) is 12.1 Å². The molecule has 3 heterocycles. The number of aryl methyl sites for hydroxylation is 1. The van der Waals surface area contributed by atoms with E-state index in [1.807, 2.05) is 20.8 Å². The fourth-order valence-electron chi connectivity index (χ4n) is 4.70. The van der Waals surface area contributed by atoms with Gasteiger partial charge in [0.25, 0.3) is 0 Å². The van der Waals surface area contributed by atoms with E-state index in [0.29, 0.717) is 39.1 Å². The van der Waals surface area contributed by atoms with Crippen LogP contribution in [0.15, 0.2) is 36.6 Å². The Balaban J connectivity index is 1.67. The second kappa shape index (κ2) is 10.2. The summed E-state index contributed by atoms with van der Waals surface area (Å²) in [5.41, 5.74) is -0.497. The third-order valence-electron chi connectivity index (χ3n) is 7.11. The lowest BCUT2D eigenvalue weighted by molar-refractivity contribution is -0.182. The maximum Gasteiger partial charge on any atom is 0.413 e. The molecule has 0 spiro atoms. The Morgan fingerprint density at radius 1 is 1.14 bits per heavy atom. The summed E-state index contributed by atoms with van der Waals surface area (Å²) in [5.74, 6) is -0.758. The number of hydrogen-bond donors (Lipinski definition) is 2. The van der Waals surface area contributed by atoms with Crippen LogP contribution in [0.4, 0.5) is 28.9 Å². The molecule has 1 aliphatic carbocycles. The van der Waals surface area contributed by atoms with Gasteiger partial charge in [0, 0.05) is 35.1 Å². The van der Waals surface area contributed by atoms with Crippen molar-refractivity contribution < 1.29 is 18.9 Å². The van der Waals surface area contributed by atoms with Gasteiger partial charge in [0.1, 0.15) is 17.8 Å². The predicted molar refractivity (Wildman–Crippen MR) is 147 cm³/mol. The van der Waals surface area contributed by atoms with E-state index in [-0.39, 0.29) is 40.8 Å². The van der Waals surface area contributed by atoms with Gasteiger partial charge in [0.15, 0.2) is 5.54 Å². The molecule has 1 aliphatic rings. The van der Waals surface area contributed by atoms with Crippen LogP contribution in [-0.4, -0.2) is 37.7 Å². The Morgan fingerprint density at radius 3 is 2.45 bits per heavy atom. The van der Waals surface area contributed by atoms with Crippen molar-refractivity contribution in [2.45, 2.75) is 58.3 Å². The molecular weight excluding hydrogens is 550 g/mol. The highest BCUT2D eigenvalue weighted by Crippen LogP contribution is 2.55. The van der Waals surface area contributed by atoms with Crippen molar-refractivity contribution in [1.82, 2.24) is 25.0 Å². The van der Waals surface area contributed by atoms with Gasteiger partial charge in [-0.25, -0.2) is 9.67 Å². The third kappa shape index (κ3) is 5.30. The van der Waals surface area contributed by atoms with Gasteiger partial charge in [-0.15, -0.1) is 5.10 Å². The fourth-order valence-corrected chi connectivity index (χ4v) is 4.70. The van der Waals surface area contributed by atoms with Crippen LogP contribution in [0, 0.1) is 40.9 Å². The molecule has 1 atom stereocenters. The maximum atomic E-state index is 14.0. The van der Waals surface area contributed by atoms with E-state index in [9.17, 15) is 28.1 Å². The van der Waals surface area contributed by atoms with Crippen LogP contribution in [0.2, 0.25) is 0 Å². The minimum absolute atomic E-state index is 0.138. The second-order valence-electron chi connectivity index (χ2n) is 11.5. The molecule has 0 aliphatic heterocycles. The molecular formula is C29H27F4N9. The number of rotatable bonds is 7. The molecule has 5 rings (SSSR count). The average molecular weight is 579 g/mol. The smallest absolute Gasteiger partial charge is 0.383 e. The number of hydrogen-bond acceptors (Lipinski definition) is 8. The number of nitrogens with one attached hydrogen (secondary N) is 2. The van der Waals surface area contributed by atoms with Crippen LogP contribution in [0.1, 0.15) is 69.1 Å². The van der Waals surface area contributed by atoms with Gasteiger partial charge >= 0.3 is 6.18 Å². The first-order valence-corrected chi connectivity index (χ1v) is 13.1. The quantitative estimate of drug-likeness (QED) is 0.198. The van der Waals surface area contributed by atoms with E-state index in [2.05, 4.69) is 43.1 Å². The number of benzene rings is 1. The molecule has 2 N–H and O–H groups in total. The molecule has 1 aromatic carbocycles. The number of halogens is 4. The lowest BCUT2D eigenvalue weighted by Gasteiger charge is -2.23. The summed E-state index contributed by atoms with van der Waals surface area (Å²) in [4.78, 5) is 8.19. The van der Waals surface area contributed by atoms with Gasteiger partial charge < -0.3 is 10.6 Å². The Labute approximate surface area is 240 Å². The fraction of sp³-hybridized carbons (Fsp3) is 0.379. The molecule has 0 unspecified atom stereocenters. The van der Waals surface area contributed by atoms with Crippen molar-refractivity contribution in [3.05, 3.63) is 70.7 Å². The minimum Gasteiger partial charge on any atom is -0.383 e. The van der Waals surface area contributed by atoms with Crippen molar-refractivity contribution >= 4 is 22.3 Å². The molecule has 0 saturated heterocycles. The summed E-state index contributed by atoms with van der Waals surface area (Å²) in [5, 5.41) is 34.4. The Hall–Kier alpha value is -4.78. The van der Waals surface area contributed by atoms with Crippen LogP contribution >= 0.6 is 0 Å². The molecule has 1 saturated carbocycles. The van der Waals surface area contributed by atoms with Gasteiger partial charge in [0.05, 0.1) is 35.9 Å². The van der Waals surface area contributed by atoms with Gasteiger partial charge in [-0.2, -0.15) is 28.1 Å². The third-order valence-corrected chi connectivity index (χ3v) is 7.11. The van der Waals surface area contributed by atoms with E-state index in [4.69, 9.17) is 1.37 Å². The maximum absolute atomic E-state index is 14.0. The second-order valence-corrected chi connectivity index (χ2v) is 11.5. The van der Waals surface area contributed by atoms with Crippen molar-refractivity contribution in [1.29, 1.82) is 10.5 Å². The molecule has 42 heavy (non-hydrogen) atoms. The molecule has 1 fully saturated rings. The SMILES string of the molecule is [2H]c1c([C@@H](Nc2cc(C#N)c3ncc(C#N)c(NCC(C)(C)C)c3c2)c2ccc(F)nc2C)nnn1C1(C(F)(F)F)CC1. The van der Waals surface area contributed by atoms with Crippen LogP contribution in [-0.2, 0) is 5.54 Å². The summed E-state index contributed by atoms with van der Waals surface area (Å²) in [7, 11) is 0. The number of alkyl halides is 3. The average Bonchev–Trinajstić information content (AvgIpc) is 3.66. The van der Waals surface area contributed by atoms with E-state index in [1.54, 1.807) is 6.07 Å². The highest BCUT2D eigenvalue weighted by Gasteiger charge is 2.66. The largest absolute Gasteiger partial charge is 0.413 e. The zero-order valence-corrected chi connectivity index (χ0v) is 23.2. The van der Waals surface area contributed by atoms with Crippen molar-refractivity contribution in [2.24, 2.45) is 5.41 Å². The topological polar surface area (TPSA) is 128 Å². The molecule has 0 radical (unpaired) electrons. The molecule has 13 heteroatoms. The molecule has 216 valence electrons.